The standard InChI is InChI=1S/C11H20O6/c1-2-3-4-7-15-5-6-10(17-7)8(12)9(13)11(14)16-6/h6-14H,2-5H2,1H3/t6-,7?,8-,9-,10-,11+/m1/s1. The zero-order valence-corrected chi connectivity index (χ0v) is 9.86. The predicted molar refractivity (Wildman–Crippen MR) is 57.0 cm³/mol. The molecule has 17 heavy (non-hydrogen) atoms. The van der Waals surface area contributed by atoms with Gasteiger partial charge in [-0.1, -0.05) is 13.3 Å². The van der Waals surface area contributed by atoms with E-state index in [1.165, 1.54) is 0 Å². The maximum Gasteiger partial charge on any atom is 0.184 e. The van der Waals surface area contributed by atoms with Crippen molar-refractivity contribution in [1.29, 1.82) is 0 Å². The van der Waals surface area contributed by atoms with Gasteiger partial charge in [0.15, 0.2) is 12.6 Å². The first-order valence-corrected chi connectivity index (χ1v) is 6.10. The summed E-state index contributed by atoms with van der Waals surface area (Å²) in [5.41, 5.74) is 0. The fourth-order valence-electron chi connectivity index (χ4n) is 2.16. The molecule has 1 unspecified atom stereocenters. The normalized spacial score (nSPS) is 46.6. The van der Waals surface area contributed by atoms with E-state index in [1.54, 1.807) is 0 Å². The molecule has 0 radical (unpaired) electrons. The summed E-state index contributed by atoms with van der Waals surface area (Å²) < 4.78 is 16.1. The van der Waals surface area contributed by atoms with Crippen LogP contribution in [0.25, 0.3) is 0 Å². The Balaban J connectivity index is 1.93. The molecule has 0 aromatic rings. The number of hydrogen-bond acceptors (Lipinski definition) is 6. The second kappa shape index (κ2) is 5.60. The van der Waals surface area contributed by atoms with Crippen molar-refractivity contribution in [2.75, 3.05) is 6.61 Å². The SMILES string of the molecule is CCCCC1OC[C@H]2O[C@H](O)[C@H](O)[C@@H](O)[C@@H]2O1. The van der Waals surface area contributed by atoms with Gasteiger partial charge in [-0.25, -0.2) is 0 Å². The van der Waals surface area contributed by atoms with Crippen molar-refractivity contribution in [3.8, 4) is 0 Å². The lowest BCUT2D eigenvalue weighted by Crippen LogP contribution is -2.62. The van der Waals surface area contributed by atoms with Crippen molar-refractivity contribution < 1.29 is 29.5 Å². The van der Waals surface area contributed by atoms with Gasteiger partial charge < -0.3 is 29.5 Å². The van der Waals surface area contributed by atoms with Crippen LogP contribution in [0.4, 0.5) is 0 Å². The molecule has 6 atom stereocenters. The van der Waals surface area contributed by atoms with Gasteiger partial charge in [0.05, 0.1) is 6.61 Å². The summed E-state index contributed by atoms with van der Waals surface area (Å²) in [6.45, 7) is 2.34. The van der Waals surface area contributed by atoms with Gasteiger partial charge in [0, 0.05) is 0 Å². The third-order valence-electron chi connectivity index (χ3n) is 3.21. The Morgan fingerprint density at radius 1 is 1.12 bits per heavy atom. The fraction of sp³-hybridized carbons (Fsp3) is 1.00. The predicted octanol–water partition coefficient (Wildman–Crippen LogP) is -0.643. The number of aliphatic hydroxyl groups excluding tert-OH is 3. The van der Waals surface area contributed by atoms with Crippen LogP contribution >= 0.6 is 0 Å². The van der Waals surface area contributed by atoms with E-state index < -0.39 is 30.7 Å². The van der Waals surface area contributed by atoms with Crippen molar-refractivity contribution in [3.63, 3.8) is 0 Å². The van der Waals surface area contributed by atoms with E-state index in [1.807, 2.05) is 0 Å². The summed E-state index contributed by atoms with van der Waals surface area (Å²) in [7, 11) is 0. The first-order valence-electron chi connectivity index (χ1n) is 6.10. The van der Waals surface area contributed by atoms with Crippen molar-refractivity contribution in [1.82, 2.24) is 0 Å². The van der Waals surface area contributed by atoms with Gasteiger partial charge in [-0.2, -0.15) is 0 Å². The van der Waals surface area contributed by atoms with Crippen LogP contribution in [-0.4, -0.2) is 58.9 Å². The Kier molecular flexibility index (Phi) is 4.35. The molecule has 6 heteroatoms. The molecule has 100 valence electrons. The third kappa shape index (κ3) is 2.78. The third-order valence-corrected chi connectivity index (χ3v) is 3.21. The highest BCUT2D eigenvalue weighted by Crippen LogP contribution is 2.28. The van der Waals surface area contributed by atoms with Gasteiger partial charge in [0.2, 0.25) is 0 Å². The van der Waals surface area contributed by atoms with Crippen LogP contribution in [0.5, 0.6) is 0 Å². The van der Waals surface area contributed by atoms with Crippen LogP contribution in [0.1, 0.15) is 26.2 Å². The lowest BCUT2D eigenvalue weighted by molar-refractivity contribution is -0.352. The highest BCUT2D eigenvalue weighted by molar-refractivity contribution is 4.91. The summed E-state index contributed by atoms with van der Waals surface area (Å²) in [6.07, 6.45) is -2.61. The maximum atomic E-state index is 9.82. The maximum absolute atomic E-state index is 9.82. The molecule has 0 aromatic carbocycles. The molecular weight excluding hydrogens is 228 g/mol. The minimum atomic E-state index is -1.38. The number of fused-ring (bicyclic) bond motifs is 1. The van der Waals surface area contributed by atoms with Gasteiger partial charge in [-0.3, -0.25) is 0 Å². The average molecular weight is 248 g/mol. The van der Waals surface area contributed by atoms with E-state index in [0.717, 1.165) is 19.3 Å². The highest BCUT2D eigenvalue weighted by Gasteiger charge is 2.47. The van der Waals surface area contributed by atoms with E-state index >= 15 is 0 Å². The lowest BCUT2D eigenvalue weighted by Gasteiger charge is -2.45. The molecule has 0 bridgehead atoms. The Hall–Kier alpha value is -0.240. The molecule has 2 aliphatic heterocycles. The Bertz CT molecular complexity index is 246. The molecular formula is C11H20O6. The van der Waals surface area contributed by atoms with E-state index in [9.17, 15) is 15.3 Å². The minimum Gasteiger partial charge on any atom is -0.387 e. The molecule has 2 aliphatic rings. The zero-order chi connectivity index (χ0) is 12.4. The Morgan fingerprint density at radius 3 is 2.59 bits per heavy atom. The second-order valence-corrected chi connectivity index (χ2v) is 4.55. The minimum absolute atomic E-state index is 0.264. The summed E-state index contributed by atoms with van der Waals surface area (Å²) in [4.78, 5) is 0. The van der Waals surface area contributed by atoms with Gasteiger partial charge >= 0.3 is 0 Å². The summed E-state index contributed by atoms with van der Waals surface area (Å²) >= 11 is 0. The summed E-state index contributed by atoms with van der Waals surface area (Å²) in [5, 5.41) is 28.7. The number of aliphatic hydroxyl groups is 3. The molecule has 0 amide bonds. The number of ether oxygens (including phenoxy) is 3. The molecule has 2 fully saturated rings. The molecule has 2 heterocycles. The second-order valence-electron chi connectivity index (χ2n) is 4.55. The molecule has 6 nitrogen and oxygen atoms in total. The Morgan fingerprint density at radius 2 is 1.88 bits per heavy atom. The van der Waals surface area contributed by atoms with Gasteiger partial charge in [-0.05, 0) is 12.8 Å². The van der Waals surface area contributed by atoms with Crippen LogP contribution in [0.15, 0.2) is 0 Å². The van der Waals surface area contributed by atoms with Crippen molar-refractivity contribution in [2.24, 2.45) is 0 Å². The number of rotatable bonds is 3. The van der Waals surface area contributed by atoms with Crippen LogP contribution in [-0.2, 0) is 14.2 Å². The van der Waals surface area contributed by atoms with Gasteiger partial charge in [-0.15, -0.1) is 0 Å². The lowest BCUT2D eigenvalue weighted by atomic mass is 9.98. The molecule has 0 aromatic heterocycles. The number of unbranched alkanes of at least 4 members (excludes halogenated alkanes) is 1. The van der Waals surface area contributed by atoms with Crippen LogP contribution in [0.2, 0.25) is 0 Å². The molecule has 0 aliphatic carbocycles. The van der Waals surface area contributed by atoms with E-state index in [0.29, 0.717) is 0 Å². The van der Waals surface area contributed by atoms with E-state index in [2.05, 4.69) is 6.92 Å². The van der Waals surface area contributed by atoms with Crippen molar-refractivity contribution in [2.45, 2.75) is 63.2 Å². The van der Waals surface area contributed by atoms with Crippen LogP contribution in [0.3, 0.4) is 0 Å². The summed E-state index contributed by atoms with van der Waals surface area (Å²) in [6, 6.07) is 0. The van der Waals surface area contributed by atoms with Gasteiger partial charge in [0.25, 0.3) is 0 Å². The molecule has 3 N–H and O–H groups in total. The van der Waals surface area contributed by atoms with Crippen LogP contribution in [0, 0.1) is 0 Å². The average Bonchev–Trinajstić information content (AvgIpc) is 2.34. The number of hydrogen-bond donors (Lipinski definition) is 3. The first-order chi connectivity index (χ1) is 8.13. The molecule has 2 rings (SSSR count). The molecule has 0 saturated carbocycles. The largest absolute Gasteiger partial charge is 0.387 e. The van der Waals surface area contributed by atoms with E-state index in [-0.39, 0.29) is 12.9 Å². The highest BCUT2D eigenvalue weighted by atomic mass is 16.7. The van der Waals surface area contributed by atoms with Crippen molar-refractivity contribution in [3.05, 3.63) is 0 Å². The quantitative estimate of drug-likeness (QED) is 0.615. The van der Waals surface area contributed by atoms with Gasteiger partial charge in [0.1, 0.15) is 24.4 Å². The monoisotopic (exact) mass is 248 g/mol. The smallest absolute Gasteiger partial charge is 0.184 e. The topological polar surface area (TPSA) is 88.4 Å². The van der Waals surface area contributed by atoms with E-state index in [4.69, 9.17) is 14.2 Å². The van der Waals surface area contributed by atoms with Crippen LogP contribution < -0.4 is 0 Å². The Labute approximate surface area is 100 Å². The molecule has 0 spiro atoms. The first kappa shape index (κ1) is 13.2. The van der Waals surface area contributed by atoms with Crippen molar-refractivity contribution >= 4 is 0 Å². The molecule has 2 saturated heterocycles. The fourth-order valence-corrected chi connectivity index (χ4v) is 2.16. The summed E-state index contributed by atoms with van der Waals surface area (Å²) in [5.74, 6) is 0. The zero-order valence-electron chi connectivity index (χ0n) is 9.86.